The lowest BCUT2D eigenvalue weighted by molar-refractivity contribution is 0.343. The first-order valence-corrected chi connectivity index (χ1v) is 10.8. The minimum atomic E-state index is 0.463. The van der Waals surface area contributed by atoms with Gasteiger partial charge in [0.15, 0.2) is 5.65 Å². The van der Waals surface area contributed by atoms with Gasteiger partial charge in [-0.05, 0) is 61.8 Å². The zero-order chi connectivity index (χ0) is 20.6. The van der Waals surface area contributed by atoms with Gasteiger partial charge in [-0.2, -0.15) is 10.2 Å². The van der Waals surface area contributed by atoms with Crippen LogP contribution in [0.25, 0.3) is 27.8 Å². The van der Waals surface area contributed by atoms with Gasteiger partial charge in [0.1, 0.15) is 0 Å². The Kier molecular flexibility index (Phi) is 4.46. The average molecular weight is 409 g/mol. The van der Waals surface area contributed by atoms with E-state index in [0.29, 0.717) is 6.04 Å². The number of benzene rings is 1. The van der Waals surface area contributed by atoms with E-state index >= 15 is 0 Å². The van der Waals surface area contributed by atoms with Gasteiger partial charge in [-0.15, -0.1) is 0 Å². The highest BCUT2D eigenvalue weighted by Gasteiger charge is 2.17. The number of hydrogen-bond acceptors (Lipinski definition) is 5. The molecule has 4 aromatic heterocycles. The van der Waals surface area contributed by atoms with Gasteiger partial charge in [-0.3, -0.25) is 9.67 Å². The number of nitrogens with one attached hydrogen (secondary N) is 1. The van der Waals surface area contributed by atoms with Gasteiger partial charge in [0, 0.05) is 29.8 Å². The summed E-state index contributed by atoms with van der Waals surface area (Å²) >= 11 is 0. The normalized spacial score (nSPS) is 15.1. The molecule has 0 spiro atoms. The Morgan fingerprint density at radius 2 is 1.94 bits per heavy atom. The molecule has 1 aliphatic rings. The summed E-state index contributed by atoms with van der Waals surface area (Å²) in [6.45, 7) is 2.10. The van der Waals surface area contributed by atoms with E-state index in [1.165, 1.54) is 5.56 Å². The standard InChI is InChI=1S/C24H23N7/c1-2-18-12-17(3-4-22(18)26-9-1)13-21-15-27-24-6-5-23(29-31(21)24)19-14-28-30(16-19)20-7-10-25-11-8-20/h1-6,9,12,14-16,20,25H,7-8,10-11,13H2. The monoisotopic (exact) mass is 409 g/mol. The molecule has 7 nitrogen and oxygen atoms in total. The van der Waals surface area contributed by atoms with Gasteiger partial charge in [-0.25, -0.2) is 9.50 Å². The lowest BCUT2D eigenvalue weighted by Crippen LogP contribution is -2.29. The fourth-order valence-electron chi connectivity index (χ4n) is 4.38. The van der Waals surface area contributed by atoms with Crippen LogP contribution in [0.2, 0.25) is 0 Å². The number of hydrogen-bond donors (Lipinski definition) is 1. The number of pyridine rings is 1. The molecule has 154 valence electrons. The molecule has 1 aromatic carbocycles. The van der Waals surface area contributed by atoms with Gasteiger partial charge in [0.2, 0.25) is 0 Å². The third kappa shape index (κ3) is 3.47. The SMILES string of the molecule is c1cnc2ccc(Cc3cnc4ccc(-c5cnn(C6CCNCC6)c5)nn34)cc2c1. The van der Waals surface area contributed by atoms with Crippen LogP contribution < -0.4 is 5.32 Å². The fourth-order valence-corrected chi connectivity index (χ4v) is 4.38. The molecule has 1 fully saturated rings. The third-order valence-corrected chi connectivity index (χ3v) is 6.07. The topological polar surface area (TPSA) is 72.9 Å². The van der Waals surface area contributed by atoms with E-state index in [9.17, 15) is 0 Å². The Morgan fingerprint density at radius 1 is 1.00 bits per heavy atom. The molecule has 0 unspecified atom stereocenters. The summed E-state index contributed by atoms with van der Waals surface area (Å²) in [5.41, 5.74) is 6.09. The maximum Gasteiger partial charge on any atom is 0.153 e. The average Bonchev–Trinajstić information content (AvgIpc) is 3.47. The summed E-state index contributed by atoms with van der Waals surface area (Å²) < 4.78 is 4.05. The Morgan fingerprint density at radius 3 is 2.87 bits per heavy atom. The van der Waals surface area contributed by atoms with Crippen molar-refractivity contribution in [2.75, 3.05) is 13.1 Å². The number of piperidine rings is 1. The molecule has 1 saturated heterocycles. The van der Waals surface area contributed by atoms with Gasteiger partial charge < -0.3 is 5.32 Å². The summed E-state index contributed by atoms with van der Waals surface area (Å²) in [5, 5.41) is 14.1. The first-order chi connectivity index (χ1) is 15.3. The number of fused-ring (bicyclic) bond motifs is 2. The predicted molar refractivity (Wildman–Crippen MR) is 120 cm³/mol. The molecule has 0 atom stereocenters. The highest BCUT2D eigenvalue weighted by Crippen LogP contribution is 2.23. The summed E-state index contributed by atoms with van der Waals surface area (Å²) in [6, 6.07) is 15.0. The molecule has 0 amide bonds. The second-order valence-corrected chi connectivity index (χ2v) is 8.14. The van der Waals surface area contributed by atoms with Crippen molar-refractivity contribution in [1.82, 2.24) is 34.7 Å². The summed E-state index contributed by atoms with van der Waals surface area (Å²) in [4.78, 5) is 8.96. The van der Waals surface area contributed by atoms with E-state index in [0.717, 1.165) is 65.9 Å². The van der Waals surface area contributed by atoms with Crippen molar-refractivity contribution in [3.05, 3.63) is 78.5 Å². The molecule has 5 aromatic rings. The molecular formula is C24H23N7. The van der Waals surface area contributed by atoms with Crippen LogP contribution in [0.1, 0.15) is 30.1 Å². The van der Waals surface area contributed by atoms with Crippen LogP contribution in [0, 0.1) is 0 Å². The molecular weight excluding hydrogens is 386 g/mol. The van der Waals surface area contributed by atoms with Gasteiger partial charge in [-0.1, -0.05) is 12.1 Å². The Bertz CT molecular complexity index is 1360. The molecule has 0 bridgehead atoms. The summed E-state index contributed by atoms with van der Waals surface area (Å²) in [7, 11) is 0. The maximum atomic E-state index is 4.90. The number of imidazole rings is 1. The Balaban J connectivity index is 1.31. The maximum absolute atomic E-state index is 4.90. The Labute approximate surface area is 179 Å². The molecule has 1 N–H and O–H groups in total. The third-order valence-electron chi connectivity index (χ3n) is 6.07. The van der Waals surface area contributed by atoms with Crippen LogP contribution in [-0.2, 0) is 6.42 Å². The molecule has 0 aliphatic carbocycles. The molecule has 31 heavy (non-hydrogen) atoms. The van der Waals surface area contributed by atoms with Crippen LogP contribution in [-0.4, -0.2) is 42.5 Å². The first kappa shape index (κ1) is 18.2. The van der Waals surface area contributed by atoms with Gasteiger partial charge in [0.25, 0.3) is 0 Å². The van der Waals surface area contributed by atoms with Crippen molar-refractivity contribution in [2.45, 2.75) is 25.3 Å². The van der Waals surface area contributed by atoms with Crippen molar-refractivity contribution >= 4 is 16.6 Å². The van der Waals surface area contributed by atoms with E-state index in [2.05, 4.69) is 55.5 Å². The Hall–Kier alpha value is -3.58. The van der Waals surface area contributed by atoms with E-state index in [-0.39, 0.29) is 0 Å². The van der Waals surface area contributed by atoms with E-state index in [1.807, 2.05) is 41.3 Å². The quantitative estimate of drug-likeness (QED) is 0.490. The molecule has 5 heterocycles. The number of nitrogens with zero attached hydrogens (tertiary/aromatic N) is 6. The smallest absolute Gasteiger partial charge is 0.153 e. The second kappa shape index (κ2) is 7.59. The summed E-state index contributed by atoms with van der Waals surface area (Å²) in [6.07, 6.45) is 10.8. The highest BCUT2D eigenvalue weighted by atomic mass is 15.3. The van der Waals surface area contributed by atoms with Crippen LogP contribution in [0.5, 0.6) is 0 Å². The van der Waals surface area contributed by atoms with E-state index < -0.39 is 0 Å². The number of aromatic nitrogens is 6. The second-order valence-electron chi connectivity index (χ2n) is 8.14. The minimum absolute atomic E-state index is 0.463. The summed E-state index contributed by atoms with van der Waals surface area (Å²) in [5.74, 6) is 0. The zero-order valence-corrected chi connectivity index (χ0v) is 17.1. The molecule has 0 saturated carbocycles. The lowest BCUT2D eigenvalue weighted by atomic mass is 10.1. The van der Waals surface area contributed by atoms with Gasteiger partial charge >= 0.3 is 0 Å². The molecule has 6 rings (SSSR count). The predicted octanol–water partition coefficient (Wildman–Crippen LogP) is 3.66. The molecule has 7 heteroatoms. The van der Waals surface area contributed by atoms with Crippen molar-refractivity contribution in [3.63, 3.8) is 0 Å². The van der Waals surface area contributed by atoms with Crippen molar-refractivity contribution in [1.29, 1.82) is 0 Å². The molecule has 0 radical (unpaired) electrons. The highest BCUT2D eigenvalue weighted by molar-refractivity contribution is 5.79. The fraction of sp³-hybridized carbons (Fsp3) is 0.250. The molecule has 1 aliphatic heterocycles. The first-order valence-electron chi connectivity index (χ1n) is 10.8. The van der Waals surface area contributed by atoms with Crippen LogP contribution >= 0.6 is 0 Å². The van der Waals surface area contributed by atoms with Crippen LogP contribution in [0.3, 0.4) is 0 Å². The van der Waals surface area contributed by atoms with Crippen molar-refractivity contribution < 1.29 is 0 Å². The van der Waals surface area contributed by atoms with E-state index in [4.69, 9.17) is 5.10 Å². The lowest BCUT2D eigenvalue weighted by Gasteiger charge is -2.22. The van der Waals surface area contributed by atoms with E-state index in [1.54, 1.807) is 0 Å². The van der Waals surface area contributed by atoms with Gasteiger partial charge in [0.05, 0.1) is 35.3 Å². The number of rotatable bonds is 4. The van der Waals surface area contributed by atoms with Crippen molar-refractivity contribution in [2.24, 2.45) is 0 Å². The van der Waals surface area contributed by atoms with Crippen LogP contribution in [0.4, 0.5) is 0 Å². The van der Waals surface area contributed by atoms with Crippen LogP contribution in [0.15, 0.2) is 67.3 Å². The zero-order valence-electron chi connectivity index (χ0n) is 17.1. The van der Waals surface area contributed by atoms with Crippen molar-refractivity contribution in [3.8, 4) is 11.3 Å². The minimum Gasteiger partial charge on any atom is -0.317 e. The largest absolute Gasteiger partial charge is 0.317 e.